The summed E-state index contributed by atoms with van der Waals surface area (Å²) in [6.07, 6.45) is 1.75. The largest absolute Gasteiger partial charge is 0.326 e. The molecule has 6 heteroatoms. The van der Waals surface area contributed by atoms with Crippen molar-refractivity contribution in [2.45, 2.75) is 26.2 Å². The van der Waals surface area contributed by atoms with Crippen molar-refractivity contribution < 1.29 is 13.2 Å². The topological polar surface area (TPSA) is 66.5 Å². The van der Waals surface area contributed by atoms with Gasteiger partial charge in [-0.25, -0.2) is 8.42 Å². The molecule has 0 aliphatic carbocycles. The zero-order chi connectivity index (χ0) is 17.9. The average Bonchev–Trinajstić information content (AvgIpc) is 2.94. The lowest BCUT2D eigenvalue weighted by molar-refractivity contribution is -0.116. The molecule has 0 spiro atoms. The Morgan fingerprint density at radius 3 is 2.36 bits per heavy atom. The van der Waals surface area contributed by atoms with Crippen molar-refractivity contribution in [3.05, 3.63) is 59.7 Å². The van der Waals surface area contributed by atoms with Crippen LogP contribution in [-0.4, -0.2) is 26.6 Å². The first kappa shape index (κ1) is 17.5. The molecule has 5 nitrogen and oxygen atoms in total. The Bertz CT molecular complexity index is 843. The van der Waals surface area contributed by atoms with Gasteiger partial charge in [-0.2, -0.15) is 0 Å². The number of carbonyl (C=O) groups is 1. The molecule has 1 saturated heterocycles. The Balaban J connectivity index is 1.56. The molecule has 1 fully saturated rings. The number of nitrogens with one attached hydrogen (secondary N) is 1. The average molecular weight is 358 g/mol. The van der Waals surface area contributed by atoms with E-state index in [1.54, 1.807) is 24.3 Å². The van der Waals surface area contributed by atoms with Gasteiger partial charge in [0.2, 0.25) is 15.9 Å². The molecular weight excluding hydrogens is 336 g/mol. The zero-order valence-electron chi connectivity index (χ0n) is 14.2. The number of benzene rings is 2. The number of hydrogen-bond donors (Lipinski definition) is 1. The van der Waals surface area contributed by atoms with Crippen molar-refractivity contribution in [2.75, 3.05) is 21.9 Å². The van der Waals surface area contributed by atoms with Crippen LogP contribution >= 0.6 is 0 Å². The number of carbonyl (C=O) groups excluding carboxylic acids is 1. The molecule has 0 radical (unpaired) electrons. The van der Waals surface area contributed by atoms with Crippen LogP contribution in [0.4, 0.5) is 11.4 Å². The van der Waals surface area contributed by atoms with Crippen LogP contribution in [0.15, 0.2) is 48.5 Å². The summed E-state index contributed by atoms with van der Waals surface area (Å²) in [4.78, 5) is 12.1. The van der Waals surface area contributed by atoms with Crippen LogP contribution < -0.4 is 9.62 Å². The molecule has 1 amide bonds. The SMILES string of the molecule is Cc1ccc(CCC(=O)Nc2ccc(N3CCCS3(=O)=O)cc2)cc1. The third kappa shape index (κ3) is 4.39. The number of anilines is 2. The number of nitrogens with zero attached hydrogens (tertiary/aromatic N) is 1. The van der Waals surface area contributed by atoms with Crippen molar-refractivity contribution in [2.24, 2.45) is 0 Å². The Kier molecular flexibility index (Phi) is 5.08. The maximum absolute atomic E-state index is 12.1. The van der Waals surface area contributed by atoms with Crippen molar-refractivity contribution >= 4 is 27.3 Å². The van der Waals surface area contributed by atoms with Gasteiger partial charge in [0.25, 0.3) is 0 Å². The first-order valence-electron chi connectivity index (χ1n) is 8.40. The lowest BCUT2D eigenvalue weighted by atomic mass is 10.1. The third-order valence-electron chi connectivity index (χ3n) is 4.30. The van der Waals surface area contributed by atoms with Gasteiger partial charge in [0, 0.05) is 18.7 Å². The smallest absolute Gasteiger partial charge is 0.235 e. The van der Waals surface area contributed by atoms with Gasteiger partial charge in [-0.05, 0) is 49.6 Å². The molecule has 0 atom stereocenters. The summed E-state index contributed by atoms with van der Waals surface area (Å²) < 4.78 is 25.3. The predicted molar refractivity (Wildman–Crippen MR) is 100 cm³/mol. The fourth-order valence-corrected chi connectivity index (χ4v) is 4.44. The van der Waals surface area contributed by atoms with Crippen LogP contribution in [-0.2, 0) is 21.2 Å². The van der Waals surface area contributed by atoms with Crippen LogP contribution in [0.3, 0.4) is 0 Å². The Morgan fingerprint density at radius 1 is 1.08 bits per heavy atom. The number of rotatable bonds is 5. The van der Waals surface area contributed by atoms with Crippen LogP contribution in [0.25, 0.3) is 0 Å². The molecule has 3 rings (SSSR count). The van der Waals surface area contributed by atoms with E-state index in [-0.39, 0.29) is 11.7 Å². The summed E-state index contributed by atoms with van der Waals surface area (Å²) in [6.45, 7) is 2.55. The summed E-state index contributed by atoms with van der Waals surface area (Å²) in [5.74, 6) is 0.145. The van der Waals surface area contributed by atoms with Crippen LogP contribution in [0.2, 0.25) is 0 Å². The van der Waals surface area contributed by atoms with E-state index in [1.165, 1.54) is 9.87 Å². The Hall–Kier alpha value is -2.34. The van der Waals surface area contributed by atoms with Gasteiger partial charge in [-0.1, -0.05) is 29.8 Å². The second-order valence-electron chi connectivity index (χ2n) is 6.32. The number of amides is 1. The normalized spacial score (nSPS) is 16.0. The van der Waals surface area contributed by atoms with Gasteiger partial charge in [0.15, 0.2) is 0 Å². The molecule has 0 bridgehead atoms. The van der Waals surface area contributed by atoms with Gasteiger partial charge < -0.3 is 5.32 Å². The van der Waals surface area contributed by atoms with Crippen molar-refractivity contribution in [1.29, 1.82) is 0 Å². The first-order chi connectivity index (χ1) is 11.9. The molecule has 132 valence electrons. The summed E-state index contributed by atoms with van der Waals surface area (Å²) in [5, 5.41) is 2.86. The summed E-state index contributed by atoms with van der Waals surface area (Å²) in [7, 11) is -3.17. The van der Waals surface area contributed by atoms with Crippen LogP contribution in [0.1, 0.15) is 24.0 Å². The number of sulfonamides is 1. The van der Waals surface area contributed by atoms with E-state index in [2.05, 4.69) is 5.32 Å². The van der Waals surface area contributed by atoms with E-state index >= 15 is 0 Å². The lowest BCUT2D eigenvalue weighted by Crippen LogP contribution is -2.25. The second-order valence-corrected chi connectivity index (χ2v) is 8.34. The number of hydrogen-bond acceptors (Lipinski definition) is 3. The maximum atomic E-state index is 12.1. The minimum absolute atomic E-state index is 0.0536. The van der Waals surface area contributed by atoms with Gasteiger partial charge in [0.05, 0.1) is 11.4 Å². The van der Waals surface area contributed by atoms with Crippen LogP contribution in [0.5, 0.6) is 0 Å². The van der Waals surface area contributed by atoms with Crippen molar-refractivity contribution in [1.82, 2.24) is 0 Å². The highest BCUT2D eigenvalue weighted by molar-refractivity contribution is 7.93. The molecule has 1 aliphatic rings. The standard InChI is InChI=1S/C19H22N2O3S/c1-15-3-5-16(6-4-15)7-12-19(22)20-17-8-10-18(11-9-17)21-13-2-14-25(21,23)24/h3-6,8-11H,2,7,12-14H2,1H3,(H,20,22). The highest BCUT2D eigenvalue weighted by Crippen LogP contribution is 2.25. The molecule has 2 aromatic rings. The monoisotopic (exact) mass is 358 g/mol. The van der Waals surface area contributed by atoms with E-state index in [4.69, 9.17) is 0 Å². The van der Waals surface area contributed by atoms with Crippen LogP contribution in [0, 0.1) is 6.92 Å². The second kappa shape index (κ2) is 7.27. The molecular formula is C19H22N2O3S. The zero-order valence-corrected chi connectivity index (χ0v) is 15.1. The minimum atomic E-state index is -3.17. The van der Waals surface area contributed by atoms with Crippen molar-refractivity contribution in [3.63, 3.8) is 0 Å². The lowest BCUT2D eigenvalue weighted by Gasteiger charge is -2.17. The van der Waals surface area contributed by atoms with E-state index in [9.17, 15) is 13.2 Å². The maximum Gasteiger partial charge on any atom is 0.235 e. The van der Waals surface area contributed by atoms with Gasteiger partial charge >= 0.3 is 0 Å². The predicted octanol–water partition coefficient (Wildman–Crippen LogP) is 3.11. The molecule has 1 N–H and O–H groups in total. The summed E-state index contributed by atoms with van der Waals surface area (Å²) in [6, 6.07) is 15.1. The molecule has 0 unspecified atom stereocenters. The van der Waals surface area contributed by atoms with Gasteiger partial charge in [-0.3, -0.25) is 9.10 Å². The molecule has 1 heterocycles. The Morgan fingerprint density at radius 2 is 1.76 bits per heavy atom. The van der Waals surface area contributed by atoms with Gasteiger partial charge in [-0.15, -0.1) is 0 Å². The highest BCUT2D eigenvalue weighted by atomic mass is 32.2. The molecule has 0 saturated carbocycles. The van der Waals surface area contributed by atoms with E-state index in [0.29, 0.717) is 37.2 Å². The quantitative estimate of drug-likeness (QED) is 0.893. The highest BCUT2D eigenvalue weighted by Gasteiger charge is 2.28. The fraction of sp³-hybridized carbons (Fsp3) is 0.316. The Labute approximate surface area is 148 Å². The third-order valence-corrected chi connectivity index (χ3v) is 6.17. The summed E-state index contributed by atoms with van der Waals surface area (Å²) >= 11 is 0. The minimum Gasteiger partial charge on any atom is -0.326 e. The van der Waals surface area contributed by atoms with E-state index in [0.717, 1.165) is 5.56 Å². The molecule has 25 heavy (non-hydrogen) atoms. The van der Waals surface area contributed by atoms with E-state index < -0.39 is 10.0 Å². The van der Waals surface area contributed by atoms with E-state index in [1.807, 2.05) is 31.2 Å². The summed E-state index contributed by atoms with van der Waals surface area (Å²) in [5.41, 5.74) is 3.66. The molecule has 1 aliphatic heterocycles. The van der Waals surface area contributed by atoms with Gasteiger partial charge in [0.1, 0.15) is 0 Å². The molecule has 0 aromatic heterocycles. The number of aryl methyl sites for hydroxylation is 2. The molecule has 2 aromatic carbocycles. The fourth-order valence-electron chi connectivity index (χ4n) is 2.88. The first-order valence-corrected chi connectivity index (χ1v) is 10.0. The van der Waals surface area contributed by atoms with Crippen molar-refractivity contribution in [3.8, 4) is 0 Å².